The number of amides is 1. The van der Waals surface area contributed by atoms with Crippen molar-refractivity contribution in [3.05, 3.63) is 29.8 Å². The molecule has 0 unspecified atom stereocenters. The second-order valence-electron chi connectivity index (χ2n) is 6.17. The molecule has 26 heavy (non-hydrogen) atoms. The quantitative estimate of drug-likeness (QED) is 0.589. The largest absolute Gasteiger partial charge is 0.452 e. The average Bonchev–Trinajstić information content (AvgIpc) is 2.64. The summed E-state index contributed by atoms with van der Waals surface area (Å²) in [5.74, 6) is 1.54. The Morgan fingerprint density at radius 3 is 2.46 bits per heavy atom. The number of rotatable bonds is 6. The van der Waals surface area contributed by atoms with Crippen LogP contribution in [-0.2, 0) is 19.6 Å². The van der Waals surface area contributed by atoms with Crippen LogP contribution in [0.1, 0.15) is 30.1 Å². The molecule has 140 valence electrons. The molecule has 0 spiro atoms. The van der Waals surface area contributed by atoms with E-state index in [4.69, 9.17) is 11.2 Å². The highest BCUT2D eigenvalue weighted by Crippen LogP contribution is 2.23. The van der Waals surface area contributed by atoms with Gasteiger partial charge in [-0.3, -0.25) is 4.79 Å². The van der Waals surface area contributed by atoms with E-state index in [-0.39, 0.29) is 17.0 Å². The van der Waals surface area contributed by atoms with Crippen LogP contribution in [0, 0.1) is 18.3 Å². The van der Waals surface area contributed by atoms with E-state index < -0.39 is 28.5 Å². The lowest BCUT2D eigenvalue weighted by Gasteiger charge is -2.29. The van der Waals surface area contributed by atoms with Gasteiger partial charge in [-0.05, 0) is 43.0 Å². The summed E-state index contributed by atoms with van der Waals surface area (Å²) in [5.41, 5.74) is 0.168. The van der Waals surface area contributed by atoms with Gasteiger partial charge in [-0.1, -0.05) is 12.8 Å². The fraction of sp³-hybridized carbons (Fsp3) is 0.444. The summed E-state index contributed by atoms with van der Waals surface area (Å²) in [4.78, 5) is 23.4. The lowest BCUT2D eigenvalue weighted by molar-refractivity contribution is -0.123. The van der Waals surface area contributed by atoms with Crippen molar-refractivity contribution in [2.24, 2.45) is 5.92 Å². The molecule has 0 radical (unpaired) electrons. The van der Waals surface area contributed by atoms with E-state index in [0.29, 0.717) is 19.0 Å². The molecule has 0 saturated carbocycles. The van der Waals surface area contributed by atoms with Crippen molar-refractivity contribution < 1.29 is 22.7 Å². The fourth-order valence-corrected chi connectivity index (χ4v) is 4.02. The molecule has 7 nitrogen and oxygen atoms in total. The first kappa shape index (κ1) is 19.9. The Hall–Kier alpha value is -2.37. The van der Waals surface area contributed by atoms with Gasteiger partial charge in [0.15, 0.2) is 6.61 Å². The first-order valence-corrected chi connectivity index (χ1v) is 9.76. The minimum Gasteiger partial charge on any atom is -0.452 e. The zero-order valence-corrected chi connectivity index (χ0v) is 15.4. The molecule has 0 aromatic heterocycles. The molecule has 0 atom stereocenters. The van der Waals surface area contributed by atoms with Crippen LogP contribution >= 0.6 is 0 Å². The number of hydrogen-bond donors (Lipinski definition) is 1. The second kappa shape index (κ2) is 8.83. The Morgan fingerprint density at radius 1 is 1.27 bits per heavy atom. The Labute approximate surface area is 153 Å². The molecular formula is C18H22N2O5S. The Balaban J connectivity index is 1.98. The standard InChI is InChI=1S/C18H22N2O5S/c1-3-10-19-17(21)13-25-18(22)15-4-6-16(7-5-15)26(23,24)20-11-8-14(2)9-12-20/h1,4-7,14H,8-13H2,2H3,(H,19,21). The predicted molar refractivity (Wildman–Crippen MR) is 95.7 cm³/mol. The number of hydrogen-bond acceptors (Lipinski definition) is 5. The van der Waals surface area contributed by atoms with Crippen LogP contribution in [0.2, 0.25) is 0 Å². The summed E-state index contributed by atoms with van der Waals surface area (Å²) in [6.45, 7) is 2.71. The fourth-order valence-electron chi connectivity index (χ4n) is 2.55. The molecule has 1 aliphatic heterocycles. The number of nitrogens with one attached hydrogen (secondary N) is 1. The third-order valence-corrected chi connectivity index (χ3v) is 6.11. The van der Waals surface area contributed by atoms with Crippen LogP contribution in [0.5, 0.6) is 0 Å². The summed E-state index contributed by atoms with van der Waals surface area (Å²) in [5, 5.41) is 2.37. The highest BCUT2D eigenvalue weighted by molar-refractivity contribution is 7.89. The van der Waals surface area contributed by atoms with Crippen LogP contribution < -0.4 is 5.32 Å². The van der Waals surface area contributed by atoms with Crippen molar-refractivity contribution >= 4 is 21.9 Å². The molecule has 1 fully saturated rings. The van der Waals surface area contributed by atoms with Gasteiger partial charge < -0.3 is 10.1 Å². The number of nitrogens with zero attached hydrogens (tertiary/aromatic N) is 1. The number of carbonyl (C=O) groups is 2. The van der Waals surface area contributed by atoms with Crippen molar-refractivity contribution in [3.8, 4) is 12.3 Å². The third kappa shape index (κ3) is 5.07. The molecule has 1 saturated heterocycles. The molecule has 0 bridgehead atoms. The lowest BCUT2D eigenvalue weighted by Crippen LogP contribution is -2.37. The van der Waals surface area contributed by atoms with Gasteiger partial charge >= 0.3 is 5.97 Å². The number of benzene rings is 1. The molecule has 1 N–H and O–H groups in total. The van der Waals surface area contributed by atoms with Crippen LogP contribution in [0.25, 0.3) is 0 Å². The van der Waals surface area contributed by atoms with Crippen molar-refractivity contribution in [3.63, 3.8) is 0 Å². The molecule has 1 aromatic rings. The van der Waals surface area contributed by atoms with Gasteiger partial charge in [0.1, 0.15) is 0 Å². The highest BCUT2D eigenvalue weighted by Gasteiger charge is 2.28. The summed E-state index contributed by atoms with van der Waals surface area (Å²) < 4.78 is 31.6. The van der Waals surface area contributed by atoms with Crippen LogP contribution in [0.15, 0.2) is 29.2 Å². The van der Waals surface area contributed by atoms with E-state index in [1.807, 2.05) is 0 Å². The monoisotopic (exact) mass is 378 g/mol. The normalized spacial score (nSPS) is 15.8. The smallest absolute Gasteiger partial charge is 0.338 e. The van der Waals surface area contributed by atoms with E-state index in [0.717, 1.165) is 12.8 Å². The number of esters is 1. The van der Waals surface area contributed by atoms with Gasteiger partial charge in [-0.2, -0.15) is 4.31 Å². The minimum absolute atomic E-state index is 0.0538. The molecular weight excluding hydrogens is 356 g/mol. The number of piperidine rings is 1. The molecule has 2 rings (SSSR count). The van der Waals surface area contributed by atoms with Gasteiger partial charge in [0.2, 0.25) is 10.0 Å². The molecule has 1 aromatic carbocycles. The van der Waals surface area contributed by atoms with Gasteiger partial charge in [0.05, 0.1) is 17.0 Å². The third-order valence-electron chi connectivity index (χ3n) is 4.19. The van der Waals surface area contributed by atoms with Gasteiger partial charge in [0, 0.05) is 13.1 Å². The summed E-state index contributed by atoms with van der Waals surface area (Å²) in [7, 11) is -3.57. The molecule has 1 aliphatic rings. The van der Waals surface area contributed by atoms with Crippen molar-refractivity contribution in [1.82, 2.24) is 9.62 Å². The Bertz CT molecular complexity index is 788. The number of ether oxygens (including phenoxy) is 1. The van der Waals surface area contributed by atoms with Gasteiger partial charge in [-0.15, -0.1) is 6.42 Å². The number of carbonyl (C=O) groups excluding carboxylic acids is 2. The van der Waals surface area contributed by atoms with Crippen LogP contribution in [0.4, 0.5) is 0 Å². The summed E-state index contributed by atoms with van der Waals surface area (Å²) >= 11 is 0. The Morgan fingerprint density at radius 2 is 1.88 bits per heavy atom. The first-order chi connectivity index (χ1) is 12.3. The van der Waals surface area contributed by atoms with Crippen molar-refractivity contribution in [2.45, 2.75) is 24.7 Å². The summed E-state index contributed by atoms with van der Waals surface area (Å²) in [6, 6.07) is 5.51. The maximum atomic E-state index is 12.6. The minimum atomic E-state index is -3.57. The first-order valence-electron chi connectivity index (χ1n) is 8.32. The maximum absolute atomic E-state index is 12.6. The number of sulfonamides is 1. The SMILES string of the molecule is C#CCNC(=O)COC(=O)c1ccc(S(=O)(=O)N2CCC(C)CC2)cc1. The van der Waals surface area contributed by atoms with Crippen LogP contribution in [0.3, 0.4) is 0 Å². The molecule has 8 heteroatoms. The van der Waals surface area contributed by atoms with Gasteiger partial charge in [-0.25, -0.2) is 13.2 Å². The van der Waals surface area contributed by atoms with E-state index >= 15 is 0 Å². The predicted octanol–water partition coefficient (Wildman–Crippen LogP) is 1.01. The van der Waals surface area contributed by atoms with E-state index in [9.17, 15) is 18.0 Å². The topological polar surface area (TPSA) is 92.8 Å². The summed E-state index contributed by atoms with van der Waals surface area (Å²) in [6.07, 6.45) is 6.69. The van der Waals surface area contributed by atoms with Crippen molar-refractivity contribution in [2.75, 3.05) is 26.2 Å². The van der Waals surface area contributed by atoms with E-state index in [1.165, 1.54) is 28.6 Å². The highest BCUT2D eigenvalue weighted by atomic mass is 32.2. The molecule has 1 heterocycles. The van der Waals surface area contributed by atoms with Crippen LogP contribution in [-0.4, -0.2) is 50.8 Å². The lowest BCUT2D eigenvalue weighted by atomic mass is 10.0. The maximum Gasteiger partial charge on any atom is 0.338 e. The zero-order valence-electron chi connectivity index (χ0n) is 14.6. The number of terminal acetylenes is 1. The molecule has 0 aliphatic carbocycles. The van der Waals surface area contributed by atoms with E-state index in [2.05, 4.69) is 18.2 Å². The Kier molecular flexibility index (Phi) is 6.77. The second-order valence-corrected chi connectivity index (χ2v) is 8.11. The van der Waals surface area contributed by atoms with E-state index in [1.54, 1.807) is 0 Å². The average molecular weight is 378 g/mol. The van der Waals surface area contributed by atoms with Gasteiger partial charge in [0.25, 0.3) is 5.91 Å². The zero-order chi connectivity index (χ0) is 19.2. The molecule has 1 amide bonds. The van der Waals surface area contributed by atoms with Crippen molar-refractivity contribution in [1.29, 1.82) is 0 Å².